The number of rotatable bonds is 1. The summed E-state index contributed by atoms with van der Waals surface area (Å²) in [5.41, 5.74) is 7.09. The molecule has 0 aliphatic carbocycles. The summed E-state index contributed by atoms with van der Waals surface area (Å²) in [6, 6.07) is 5.02. The summed E-state index contributed by atoms with van der Waals surface area (Å²) in [5.74, 6) is -1.25. The van der Waals surface area contributed by atoms with Crippen LogP contribution in [0.3, 0.4) is 0 Å². The third kappa shape index (κ3) is 2.09. The Balaban J connectivity index is 2.25. The Morgan fingerprint density at radius 2 is 1.80 bits per heavy atom. The summed E-state index contributed by atoms with van der Waals surface area (Å²) in [7, 11) is 0. The third-order valence-corrected chi connectivity index (χ3v) is 3.35. The van der Waals surface area contributed by atoms with E-state index in [9.17, 15) is 8.78 Å². The Kier molecular flexibility index (Phi) is 3.03. The topological polar surface area (TPSA) is 54.7 Å². The number of halogens is 4. The molecule has 0 saturated carbocycles. The fourth-order valence-corrected chi connectivity index (χ4v) is 2.32. The van der Waals surface area contributed by atoms with Crippen LogP contribution in [0.1, 0.15) is 0 Å². The number of benzene rings is 2. The molecule has 3 aromatic rings. The van der Waals surface area contributed by atoms with E-state index in [0.717, 1.165) is 12.1 Å². The molecule has 20 heavy (non-hydrogen) atoms. The first-order chi connectivity index (χ1) is 9.45. The second-order valence-electron chi connectivity index (χ2n) is 4.22. The number of nitrogens with two attached hydrogens (primary N) is 1. The summed E-state index contributed by atoms with van der Waals surface area (Å²) < 4.78 is 27.3. The van der Waals surface area contributed by atoms with Crippen LogP contribution in [-0.4, -0.2) is 9.97 Å². The summed E-state index contributed by atoms with van der Waals surface area (Å²) >= 11 is 11.4. The number of nitrogens with zero attached hydrogens (tertiary/aromatic N) is 1. The van der Waals surface area contributed by atoms with Crippen molar-refractivity contribution in [1.82, 2.24) is 9.97 Å². The molecule has 0 bridgehead atoms. The van der Waals surface area contributed by atoms with Crippen LogP contribution >= 0.6 is 23.2 Å². The maximum absolute atomic E-state index is 13.9. The Hall–Kier alpha value is -1.85. The van der Waals surface area contributed by atoms with Crippen LogP contribution in [0.5, 0.6) is 0 Å². The first-order valence-corrected chi connectivity index (χ1v) is 6.31. The standard InChI is InChI=1S/C13H7Cl2F2N3/c14-5-1-10(18)12-11(2-5)19-13(20-12)6-3-9(17)7(15)4-8(6)16/h1-4H,18H2,(H,19,20). The van der Waals surface area contributed by atoms with Crippen molar-refractivity contribution in [3.05, 3.63) is 45.9 Å². The molecule has 0 atom stereocenters. The number of aromatic nitrogens is 2. The molecular formula is C13H7Cl2F2N3. The zero-order valence-electron chi connectivity index (χ0n) is 9.85. The molecule has 1 heterocycles. The van der Waals surface area contributed by atoms with Crippen LogP contribution in [0.15, 0.2) is 24.3 Å². The van der Waals surface area contributed by atoms with Gasteiger partial charge in [0, 0.05) is 5.02 Å². The number of hydrogen-bond donors (Lipinski definition) is 2. The SMILES string of the molecule is Nc1cc(Cl)cc2[nH]c(-c3cc(F)c(Cl)cc3F)nc12. The number of nitrogens with one attached hydrogen (secondary N) is 1. The predicted molar refractivity (Wildman–Crippen MR) is 75.9 cm³/mol. The van der Waals surface area contributed by atoms with E-state index < -0.39 is 11.6 Å². The lowest BCUT2D eigenvalue weighted by Crippen LogP contribution is -1.90. The first kappa shape index (κ1) is 13.1. The monoisotopic (exact) mass is 313 g/mol. The maximum atomic E-state index is 13.9. The Labute approximate surface area is 122 Å². The van der Waals surface area contributed by atoms with Gasteiger partial charge in [0.25, 0.3) is 0 Å². The summed E-state index contributed by atoms with van der Waals surface area (Å²) in [6.07, 6.45) is 0. The van der Waals surface area contributed by atoms with E-state index in [1.807, 2.05) is 0 Å². The smallest absolute Gasteiger partial charge is 0.142 e. The van der Waals surface area contributed by atoms with Crippen molar-refractivity contribution in [2.45, 2.75) is 0 Å². The van der Waals surface area contributed by atoms with Gasteiger partial charge < -0.3 is 10.7 Å². The van der Waals surface area contributed by atoms with Gasteiger partial charge in [-0.2, -0.15) is 0 Å². The second kappa shape index (κ2) is 4.61. The van der Waals surface area contributed by atoms with Gasteiger partial charge in [-0.1, -0.05) is 23.2 Å². The molecule has 102 valence electrons. The molecule has 7 heteroatoms. The van der Waals surface area contributed by atoms with E-state index in [1.54, 1.807) is 6.07 Å². The van der Waals surface area contributed by atoms with Crippen molar-refractivity contribution >= 4 is 39.9 Å². The van der Waals surface area contributed by atoms with Crippen molar-refractivity contribution in [1.29, 1.82) is 0 Å². The van der Waals surface area contributed by atoms with Gasteiger partial charge >= 0.3 is 0 Å². The highest BCUT2D eigenvalue weighted by Gasteiger charge is 2.15. The van der Waals surface area contributed by atoms with Crippen LogP contribution in [0.2, 0.25) is 10.0 Å². The molecule has 3 nitrogen and oxygen atoms in total. The van der Waals surface area contributed by atoms with Crippen LogP contribution in [0.4, 0.5) is 14.5 Å². The van der Waals surface area contributed by atoms with E-state index >= 15 is 0 Å². The number of imidazole rings is 1. The highest BCUT2D eigenvalue weighted by Crippen LogP contribution is 2.30. The summed E-state index contributed by atoms with van der Waals surface area (Å²) in [6.45, 7) is 0. The molecule has 3 N–H and O–H groups in total. The minimum atomic E-state index is -0.727. The lowest BCUT2D eigenvalue weighted by Gasteiger charge is -2.01. The fourth-order valence-electron chi connectivity index (χ4n) is 1.94. The van der Waals surface area contributed by atoms with Gasteiger partial charge in [-0.05, 0) is 24.3 Å². The van der Waals surface area contributed by atoms with Gasteiger partial charge in [0.15, 0.2) is 0 Å². The van der Waals surface area contributed by atoms with Gasteiger partial charge in [-0.3, -0.25) is 0 Å². The Bertz CT molecular complexity index is 830. The van der Waals surface area contributed by atoms with Crippen LogP contribution in [-0.2, 0) is 0 Å². The number of fused-ring (bicyclic) bond motifs is 1. The number of H-pyrrole nitrogens is 1. The van der Waals surface area contributed by atoms with E-state index in [0.29, 0.717) is 21.7 Å². The van der Waals surface area contributed by atoms with Gasteiger partial charge in [0.05, 0.1) is 21.8 Å². The van der Waals surface area contributed by atoms with E-state index in [2.05, 4.69) is 9.97 Å². The largest absolute Gasteiger partial charge is 0.397 e. The van der Waals surface area contributed by atoms with Gasteiger partial charge in [-0.15, -0.1) is 0 Å². The van der Waals surface area contributed by atoms with Crippen LogP contribution in [0.25, 0.3) is 22.4 Å². The van der Waals surface area contributed by atoms with Crippen molar-refractivity contribution in [2.24, 2.45) is 0 Å². The first-order valence-electron chi connectivity index (χ1n) is 5.55. The average molecular weight is 314 g/mol. The molecule has 3 rings (SSSR count). The van der Waals surface area contributed by atoms with Crippen molar-refractivity contribution in [2.75, 3.05) is 5.73 Å². The molecule has 0 saturated heterocycles. The minimum absolute atomic E-state index is 0.0291. The third-order valence-electron chi connectivity index (χ3n) is 2.85. The lowest BCUT2D eigenvalue weighted by atomic mass is 10.2. The molecule has 0 amide bonds. The number of aromatic amines is 1. The lowest BCUT2D eigenvalue weighted by molar-refractivity contribution is 0.602. The minimum Gasteiger partial charge on any atom is -0.397 e. The van der Waals surface area contributed by atoms with E-state index in [-0.39, 0.29) is 16.4 Å². The van der Waals surface area contributed by atoms with Crippen LogP contribution < -0.4 is 5.73 Å². The van der Waals surface area contributed by atoms with Crippen LogP contribution in [0, 0.1) is 11.6 Å². The molecule has 0 aliphatic heterocycles. The fraction of sp³-hybridized carbons (Fsp3) is 0. The van der Waals surface area contributed by atoms with Crippen molar-refractivity contribution in [3.8, 4) is 11.4 Å². The molecule has 0 unspecified atom stereocenters. The van der Waals surface area contributed by atoms with Crippen molar-refractivity contribution < 1.29 is 8.78 Å². The maximum Gasteiger partial charge on any atom is 0.142 e. The quantitative estimate of drug-likeness (QED) is 0.517. The van der Waals surface area contributed by atoms with Gasteiger partial charge in [0.2, 0.25) is 0 Å². The normalized spacial score (nSPS) is 11.2. The average Bonchev–Trinajstić information content (AvgIpc) is 2.77. The number of nitrogen functional groups attached to an aromatic ring is 1. The van der Waals surface area contributed by atoms with Gasteiger partial charge in [-0.25, -0.2) is 13.8 Å². The number of anilines is 1. The summed E-state index contributed by atoms with van der Waals surface area (Å²) in [4.78, 5) is 7.02. The molecule has 0 spiro atoms. The van der Waals surface area contributed by atoms with Crippen molar-refractivity contribution in [3.63, 3.8) is 0 Å². The summed E-state index contributed by atoms with van der Waals surface area (Å²) in [5, 5.41) is 0.137. The molecule has 0 aliphatic rings. The molecule has 0 radical (unpaired) electrons. The highest BCUT2D eigenvalue weighted by molar-refractivity contribution is 6.31. The molecule has 2 aromatic carbocycles. The van der Waals surface area contributed by atoms with E-state index in [4.69, 9.17) is 28.9 Å². The molecule has 1 aromatic heterocycles. The Morgan fingerprint density at radius 1 is 1.05 bits per heavy atom. The highest BCUT2D eigenvalue weighted by atomic mass is 35.5. The van der Waals surface area contributed by atoms with Gasteiger partial charge in [0.1, 0.15) is 23.0 Å². The zero-order chi connectivity index (χ0) is 14.4. The zero-order valence-corrected chi connectivity index (χ0v) is 11.4. The Morgan fingerprint density at radius 3 is 2.55 bits per heavy atom. The second-order valence-corrected chi connectivity index (χ2v) is 5.07. The molecular weight excluding hydrogens is 307 g/mol. The molecule has 0 fully saturated rings. The predicted octanol–water partition coefficient (Wildman–Crippen LogP) is 4.40. The van der Waals surface area contributed by atoms with E-state index in [1.165, 1.54) is 6.07 Å². The number of hydrogen-bond acceptors (Lipinski definition) is 2.